The average Bonchev–Trinajstić information content (AvgIpc) is 3.63. The van der Waals surface area contributed by atoms with Gasteiger partial charge < -0.3 is 20.1 Å². The van der Waals surface area contributed by atoms with Crippen molar-refractivity contribution in [1.29, 1.82) is 0 Å². The molecule has 2 N–H and O–H groups in total. The van der Waals surface area contributed by atoms with Crippen molar-refractivity contribution >= 4 is 21.3 Å². The fraction of sp³-hybridized carbons (Fsp3) is 0.565. The second-order valence-electron chi connectivity index (χ2n) is 9.03. The maximum atomic E-state index is 13.7. The first-order valence-corrected chi connectivity index (χ1v) is 12.9. The lowest BCUT2D eigenvalue weighted by molar-refractivity contribution is 0.0981. The van der Waals surface area contributed by atoms with E-state index in [1.807, 2.05) is 30.3 Å². The Morgan fingerprint density at radius 3 is 2.44 bits per heavy atom. The summed E-state index contributed by atoms with van der Waals surface area (Å²) in [5.41, 5.74) is 7.96. The van der Waals surface area contributed by atoms with Gasteiger partial charge in [0.1, 0.15) is 10.6 Å². The van der Waals surface area contributed by atoms with Gasteiger partial charge in [0.2, 0.25) is 0 Å². The molecule has 0 spiro atoms. The highest BCUT2D eigenvalue weighted by atomic mass is 32.2. The van der Waals surface area contributed by atoms with E-state index >= 15 is 0 Å². The molecule has 0 radical (unpaired) electrons. The summed E-state index contributed by atoms with van der Waals surface area (Å²) in [5.74, 6) is 1.29. The SMILES string of the molecule is C[C@H]1COCCN1c1cc(C2(S(=O)(=O)C3CCOCC3)CC2)nc(-c2ccc(N)cc2)n1. The molecule has 2 saturated heterocycles. The number of nitrogens with two attached hydrogens (primary N) is 1. The van der Waals surface area contributed by atoms with Gasteiger partial charge in [-0.3, -0.25) is 0 Å². The van der Waals surface area contributed by atoms with Crippen LogP contribution in [-0.4, -0.2) is 62.6 Å². The van der Waals surface area contributed by atoms with E-state index in [4.69, 9.17) is 25.2 Å². The third-order valence-corrected chi connectivity index (χ3v) is 9.92. The number of benzene rings is 1. The minimum Gasteiger partial charge on any atom is -0.399 e. The summed E-state index contributed by atoms with van der Waals surface area (Å²) in [6.45, 7) is 5.02. The molecule has 1 aromatic heterocycles. The monoisotopic (exact) mass is 458 g/mol. The first kappa shape index (κ1) is 21.6. The molecular formula is C23H30N4O4S. The van der Waals surface area contributed by atoms with Crippen LogP contribution < -0.4 is 10.6 Å². The van der Waals surface area contributed by atoms with E-state index < -0.39 is 14.6 Å². The number of ether oxygens (including phenoxy) is 2. The largest absolute Gasteiger partial charge is 0.399 e. The molecule has 8 nitrogen and oxygen atoms in total. The zero-order valence-corrected chi connectivity index (χ0v) is 19.2. The number of sulfone groups is 1. The highest BCUT2D eigenvalue weighted by molar-refractivity contribution is 7.93. The fourth-order valence-corrected chi connectivity index (χ4v) is 7.27. The number of hydrogen-bond donors (Lipinski definition) is 1. The van der Waals surface area contributed by atoms with Crippen molar-refractivity contribution in [2.75, 3.05) is 43.6 Å². The van der Waals surface area contributed by atoms with Crippen molar-refractivity contribution in [1.82, 2.24) is 9.97 Å². The minimum absolute atomic E-state index is 0.146. The molecule has 3 heterocycles. The van der Waals surface area contributed by atoms with Gasteiger partial charge in [-0.1, -0.05) is 0 Å². The van der Waals surface area contributed by atoms with E-state index in [2.05, 4.69) is 11.8 Å². The van der Waals surface area contributed by atoms with Crippen LogP contribution in [0.3, 0.4) is 0 Å². The number of nitrogen functional groups attached to an aromatic ring is 1. The van der Waals surface area contributed by atoms with Crippen LogP contribution in [-0.2, 0) is 24.1 Å². The summed E-state index contributed by atoms with van der Waals surface area (Å²) >= 11 is 0. The second kappa shape index (κ2) is 8.28. The highest BCUT2D eigenvalue weighted by Crippen LogP contribution is 2.55. The Morgan fingerprint density at radius 2 is 1.78 bits per heavy atom. The molecular weight excluding hydrogens is 428 g/mol. The van der Waals surface area contributed by atoms with Crippen LogP contribution in [0.15, 0.2) is 30.3 Å². The normalized spacial score (nSPS) is 23.8. The molecule has 9 heteroatoms. The molecule has 1 atom stereocenters. The molecule has 1 aliphatic carbocycles. The lowest BCUT2D eigenvalue weighted by Crippen LogP contribution is -2.44. The number of hydrogen-bond acceptors (Lipinski definition) is 8. The molecule has 1 aromatic carbocycles. The van der Waals surface area contributed by atoms with Crippen LogP contribution in [0, 0.1) is 0 Å². The Hall–Kier alpha value is -2.23. The van der Waals surface area contributed by atoms with Gasteiger partial charge in [-0.15, -0.1) is 0 Å². The number of aromatic nitrogens is 2. The number of rotatable bonds is 5. The second-order valence-corrected chi connectivity index (χ2v) is 11.6. The van der Waals surface area contributed by atoms with Crippen LogP contribution >= 0.6 is 0 Å². The van der Waals surface area contributed by atoms with Gasteiger partial charge in [-0.25, -0.2) is 18.4 Å². The molecule has 32 heavy (non-hydrogen) atoms. The zero-order valence-electron chi connectivity index (χ0n) is 18.4. The Morgan fingerprint density at radius 1 is 1.06 bits per heavy atom. The lowest BCUT2D eigenvalue weighted by Gasteiger charge is -2.35. The Kier molecular flexibility index (Phi) is 5.59. The molecule has 0 amide bonds. The number of anilines is 2. The van der Waals surface area contributed by atoms with Crippen LogP contribution in [0.2, 0.25) is 0 Å². The summed E-state index contributed by atoms with van der Waals surface area (Å²) in [6.07, 6.45) is 2.30. The Balaban J connectivity index is 1.60. The Bertz CT molecular complexity index is 1080. The van der Waals surface area contributed by atoms with Gasteiger partial charge in [0, 0.05) is 37.1 Å². The lowest BCUT2D eigenvalue weighted by atomic mass is 10.1. The maximum Gasteiger partial charge on any atom is 0.164 e. The topological polar surface area (TPSA) is 108 Å². The van der Waals surface area contributed by atoms with E-state index in [-0.39, 0.29) is 11.3 Å². The number of morpholine rings is 1. The quantitative estimate of drug-likeness (QED) is 0.681. The molecule has 2 aliphatic heterocycles. The van der Waals surface area contributed by atoms with Gasteiger partial charge in [0.25, 0.3) is 0 Å². The highest BCUT2D eigenvalue weighted by Gasteiger charge is 2.59. The summed E-state index contributed by atoms with van der Waals surface area (Å²) < 4.78 is 37.6. The van der Waals surface area contributed by atoms with Crippen LogP contribution in [0.4, 0.5) is 11.5 Å². The predicted octanol–water partition coefficient (Wildman–Crippen LogP) is 2.53. The standard InChI is InChI=1S/C23H30N4O4S/c1-16-15-31-13-10-27(16)21-14-20(25-22(26-21)17-2-4-18(24)5-3-17)23(8-9-23)32(28,29)19-6-11-30-12-7-19/h2-5,14,16,19H,6-13,15,24H2,1H3/t16-/m0/s1. The third-order valence-electron chi connectivity index (χ3n) is 6.87. The van der Waals surface area contributed by atoms with Gasteiger partial charge in [0.05, 0.1) is 30.2 Å². The third kappa shape index (κ3) is 3.76. The van der Waals surface area contributed by atoms with E-state index in [0.717, 1.165) is 11.4 Å². The van der Waals surface area contributed by atoms with Crippen LogP contribution in [0.5, 0.6) is 0 Å². The summed E-state index contributed by atoms with van der Waals surface area (Å²) in [5, 5.41) is -0.376. The first-order chi connectivity index (χ1) is 15.4. The van der Waals surface area contributed by atoms with Crippen molar-refractivity contribution in [3.8, 4) is 11.4 Å². The molecule has 3 fully saturated rings. The van der Waals surface area contributed by atoms with Crippen molar-refractivity contribution in [3.05, 3.63) is 36.0 Å². The molecule has 2 aromatic rings. The van der Waals surface area contributed by atoms with Crippen molar-refractivity contribution in [2.24, 2.45) is 0 Å². The van der Waals surface area contributed by atoms with Gasteiger partial charge >= 0.3 is 0 Å². The maximum absolute atomic E-state index is 13.7. The Labute approximate surface area is 189 Å². The number of nitrogens with zero attached hydrogens (tertiary/aromatic N) is 3. The first-order valence-electron chi connectivity index (χ1n) is 11.3. The predicted molar refractivity (Wildman–Crippen MR) is 123 cm³/mol. The molecule has 1 saturated carbocycles. The molecule has 5 rings (SSSR count). The van der Waals surface area contributed by atoms with Crippen LogP contribution in [0.25, 0.3) is 11.4 Å². The van der Waals surface area contributed by atoms with Gasteiger partial charge in [0.15, 0.2) is 15.7 Å². The van der Waals surface area contributed by atoms with E-state index in [9.17, 15) is 8.42 Å². The molecule has 3 aliphatic rings. The summed E-state index contributed by atoms with van der Waals surface area (Å²) in [4.78, 5) is 11.9. The summed E-state index contributed by atoms with van der Waals surface area (Å²) in [6, 6.07) is 9.43. The van der Waals surface area contributed by atoms with E-state index in [0.29, 0.717) is 75.9 Å². The summed E-state index contributed by atoms with van der Waals surface area (Å²) in [7, 11) is -3.40. The minimum atomic E-state index is -3.40. The molecule has 172 valence electrons. The van der Waals surface area contributed by atoms with E-state index in [1.54, 1.807) is 0 Å². The fourth-order valence-electron chi connectivity index (χ4n) is 4.75. The van der Waals surface area contributed by atoms with Crippen molar-refractivity contribution < 1.29 is 17.9 Å². The average molecular weight is 459 g/mol. The van der Waals surface area contributed by atoms with Crippen molar-refractivity contribution in [3.63, 3.8) is 0 Å². The molecule has 0 unspecified atom stereocenters. The zero-order chi connectivity index (χ0) is 22.3. The van der Waals surface area contributed by atoms with Gasteiger partial charge in [-0.2, -0.15) is 0 Å². The van der Waals surface area contributed by atoms with E-state index in [1.165, 1.54) is 0 Å². The van der Waals surface area contributed by atoms with Crippen molar-refractivity contribution in [2.45, 2.75) is 48.6 Å². The smallest absolute Gasteiger partial charge is 0.164 e. The molecule has 0 bridgehead atoms. The van der Waals surface area contributed by atoms with Gasteiger partial charge in [-0.05, 0) is 56.9 Å². The van der Waals surface area contributed by atoms with Crippen LogP contribution in [0.1, 0.15) is 38.3 Å².